The molecule has 0 bridgehead atoms. The van der Waals surface area contributed by atoms with E-state index in [0.717, 1.165) is 22.6 Å². The van der Waals surface area contributed by atoms with Gasteiger partial charge in [0.2, 0.25) is 0 Å². The van der Waals surface area contributed by atoms with Crippen LogP contribution in [0.15, 0.2) is 77.6 Å². The molecule has 0 saturated heterocycles. The van der Waals surface area contributed by atoms with E-state index in [2.05, 4.69) is 17.1 Å². The Bertz CT molecular complexity index is 1110. The second-order valence-corrected chi connectivity index (χ2v) is 8.18. The fourth-order valence-corrected chi connectivity index (χ4v) is 4.40. The van der Waals surface area contributed by atoms with E-state index in [-0.39, 0.29) is 0 Å². The Labute approximate surface area is 167 Å². The monoisotopic (exact) mass is 390 g/mol. The minimum absolute atomic E-state index is 0.610. The standard InChI is InChI=1S/C23H22N2O2S/c1-17-10-12-20(13-11-17)28(27)25-14-6-5-9-22(25)23(26)19-15-18-7-3-2-4-8-21(18)24-16-19/h2,4,6-16,23,26H,3,5H2,1H3. The normalized spacial score (nSPS) is 17.6. The van der Waals surface area contributed by atoms with Gasteiger partial charge in [-0.3, -0.25) is 9.29 Å². The highest BCUT2D eigenvalue weighted by atomic mass is 32.2. The second kappa shape index (κ2) is 8.09. The van der Waals surface area contributed by atoms with Gasteiger partial charge in [-0.25, -0.2) is 4.21 Å². The van der Waals surface area contributed by atoms with Crippen LogP contribution in [0.3, 0.4) is 0 Å². The molecule has 2 aromatic rings. The molecule has 1 aliphatic carbocycles. The molecule has 0 radical (unpaired) electrons. The summed E-state index contributed by atoms with van der Waals surface area (Å²) in [7, 11) is -1.43. The third-order valence-electron chi connectivity index (χ3n) is 4.79. The molecule has 5 heteroatoms. The number of hydrogen-bond acceptors (Lipinski definition) is 3. The molecule has 2 atom stereocenters. The molecular formula is C23H22N2O2S. The van der Waals surface area contributed by atoms with E-state index in [1.807, 2.05) is 61.6 Å². The first kappa shape index (κ1) is 18.6. The van der Waals surface area contributed by atoms with Crippen molar-refractivity contribution in [1.29, 1.82) is 0 Å². The van der Waals surface area contributed by atoms with E-state index < -0.39 is 17.1 Å². The molecule has 4 rings (SSSR count). The molecule has 2 unspecified atom stereocenters. The van der Waals surface area contributed by atoms with E-state index in [1.54, 1.807) is 16.7 Å². The number of aliphatic hydroxyl groups excluding tert-OH is 1. The molecule has 1 aromatic heterocycles. The summed E-state index contributed by atoms with van der Waals surface area (Å²) in [5.41, 5.74) is 2.42. The van der Waals surface area contributed by atoms with Crippen LogP contribution in [-0.4, -0.2) is 18.6 Å². The molecule has 1 aliphatic heterocycles. The highest BCUT2D eigenvalue weighted by Gasteiger charge is 2.25. The number of pyridine rings is 1. The van der Waals surface area contributed by atoms with Crippen LogP contribution in [-0.2, 0) is 11.0 Å². The smallest absolute Gasteiger partial charge is 0.156 e. The number of hydrogen-bond donors (Lipinski definition) is 1. The predicted molar refractivity (Wildman–Crippen MR) is 112 cm³/mol. The Morgan fingerprint density at radius 3 is 2.75 bits per heavy atom. The molecular weight excluding hydrogens is 368 g/mol. The summed E-state index contributed by atoms with van der Waals surface area (Å²) >= 11 is 0. The zero-order valence-electron chi connectivity index (χ0n) is 15.7. The van der Waals surface area contributed by atoms with Crippen molar-refractivity contribution in [2.75, 3.05) is 0 Å². The summed E-state index contributed by atoms with van der Waals surface area (Å²) in [6, 6.07) is 9.57. The Kier molecular flexibility index (Phi) is 5.37. The molecule has 0 saturated carbocycles. The van der Waals surface area contributed by atoms with Crippen molar-refractivity contribution in [2.24, 2.45) is 0 Å². The molecule has 28 heavy (non-hydrogen) atoms. The highest BCUT2D eigenvalue weighted by Crippen LogP contribution is 2.30. The zero-order valence-corrected chi connectivity index (χ0v) is 16.5. The van der Waals surface area contributed by atoms with Crippen molar-refractivity contribution in [3.8, 4) is 0 Å². The van der Waals surface area contributed by atoms with E-state index in [0.29, 0.717) is 22.6 Å². The lowest BCUT2D eigenvalue weighted by Crippen LogP contribution is -2.30. The number of benzene rings is 1. The second-order valence-electron chi connectivity index (χ2n) is 6.82. The Morgan fingerprint density at radius 1 is 1.14 bits per heavy atom. The summed E-state index contributed by atoms with van der Waals surface area (Å²) in [4.78, 5) is 5.19. The molecule has 0 amide bonds. The molecule has 142 valence electrons. The fourth-order valence-electron chi connectivity index (χ4n) is 3.24. The topological polar surface area (TPSA) is 53.4 Å². The third kappa shape index (κ3) is 3.77. The summed E-state index contributed by atoms with van der Waals surface area (Å²) in [6.07, 6.45) is 16.1. The largest absolute Gasteiger partial charge is 0.382 e. The van der Waals surface area contributed by atoms with Gasteiger partial charge in [0.15, 0.2) is 11.0 Å². The molecule has 4 nitrogen and oxygen atoms in total. The van der Waals surface area contributed by atoms with Crippen LogP contribution in [0.5, 0.6) is 0 Å². The average molecular weight is 391 g/mol. The number of allylic oxidation sites excluding steroid dienone is 4. The van der Waals surface area contributed by atoms with Crippen LogP contribution >= 0.6 is 0 Å². The van der Waals surface area contributed by atoms with Crippen LogP contribution in [0.25, 0.3) is 12.2 Å². The summed E-state index contributed by atoms with van der Waals surface area (Å²) in [5.74, 6) is 0. The van der Waals surface area contributed by atoms with Crippen molar-refractivity contribution in [1.82, 2.24) is 9.29 Å². The first-order chi connectivity index (χ1) is 13.6. The van der Waals surface area contributed by atoms with Crippen molar-refractivity contribution >= 4 is 23.1 Å². The lowest BCUT2D eigenvalue weighted by molar-refractivity contribution is 0.196. The molecule has 1 N–H and O–H groups in total. The van der Waals surface area contributed by atoms with Gasteiger partial charge in [0, 0.05) is 18.0 Å². The van der Waals surface area contributed by atoms with Gasteiger partial charge in [-0.1, -0.05) is 48.1 Å². The maximum atomic E-state index is 13.1. The number of rotatable bonds is 4. The van der Waals surface area contributed by atoms with Gasteiger partial charge in [0.1, 0.15) is 6.10 Å². The number of aryl methyl sites for hydroxylation is 1. The lowest BCUT2D eigenvalue weighted by atomic mass is 10.1. The number of aromatic nitrogens is 1. The van der Waals surface area contributed by atoms with Crippen molar-refractivity contribution in [3.05, 3.63) is 94.4 Å². The summed E-state index contributed by atoms with van der Waals surface area (Å²) in [5, 5.41) is 13.0. The van der Waals surface area contributed by atoms with E-state index in [4.69, 9.17) is 0 Å². The summed E-state index contributed by atoms with van der Waals surface area (Å²) in [6.45, 7) is 2.00. The number of aliphatic hydroxyl groups is 1. The van der Waals surface area contributed by atoms with Gasteiger partial charge in [-0.2, -0.15) is 0 Å². The third-order valence-corrected chi connectivity index (χ3v) is 6.16. The quantitative estimate of drug-likeness (QED) is 0.873. The SMILES string of the molecule is Cc1ccc(S(=O)N2C=CCC=C2C(O)c2cnc3c(c2)=CCC=CC=3)cc1. The van der Waals surface area contributed by atoms with Gasteiger partial charge in [-0.05, 0) is 49.3 Å². The van der Waals surface area contributed by atoms with Crippen molar-refractivity contribution in [3.63, 3.8) is 0 Å². The van der Waals surface area contributed by atoms with Gasteiger partial charge < -0.3 is 5.11 Å². The van der Waals surface area contributed by atoms with Gasteiger partial charge in [-0.15, -0.1) is 0 Å². The lowest BCUT2D eigenvalue weighted by Gasteiger charge is -2.28. The average Bonchev–Trinajstić information content (AvgIpc) is 2.98. The minimum Gasteiger partial charge on any atom is -0.382 e. The summed E-state index contributed by atoms with van der Waals surface area (Å²) < 4.78 is 14.8. The fraction of sp³-hybridized carbons (Fsp3) is 0.174. The molecule has 2 aliphatic rings. The van der Waals surface area contributed by atoms with Crippen LogP contribution < -0.4 is 10.6 Å². The van der Waals surface area contributed by atoms with E-state index in [9.17, 15) is 9.32 Å². The van der Waals surface area contributed by atoms with E-state index >= 15 is 0 Å². The van der Waals surface area contributed by atoms with E-state index in [1.165, 1.54) is 0 Å². The number of fused-ring (bicyclic) bond motifs is 1. The van der Waals surface area contributed by atoms with Crippen molar-refractivity contribution < 1.29 is 9.32 Å². The molecule has 0 spiro atoms. The first-order valence-corrected chi connectivity index (χ1v) is 10.4. The predicted octanol–water partition coefficient (Wildman–Crippen LogP) is 2.77. The Balaban J connectivity index is 1.66. The first-order valence-electron chi connectivity index (χ1n) is 9.29. The molecule has 1 aromatic carbocycles. The number of nitrogens with zero attached hydrogens (tertiary/aromatic N) is 2. The minimum atomic E-state index is -1.43. The zero-order chi connectivity index (χ0) is 19.5. The van der Waals surface area contributed by atoms with Crippen LogP contribution in [0, 0.1) is 6.92 Å². The molecule has 2 heterocycles. The Hall–Kier alpha value is -2.76. The van der Waals surface area contributed by atoms with Gasteiger partial charge >= 0.3 is 0 Å². The Morgan fingerprint density at radius 2 is 1.93 bits per heavy atom. The maximum Gasteiger partial charge on any atom is 0.156 e. The van der Waals surface area contributed by atoms with Crippen LogP contribution in [0.1, 0.15) is 30.1 Å². The maximum absolute atomic E-state index is 13.1. The van der Waals surface area contributed by atoms with Crippen molar-refractivity contribution in [2.45, 2.75) is 30.8 Å². The highest BCUT2D eigenvalue weighted by molar-refractivity contribution is 7.83. The van der Waals surface area contributed by atoms with Gasteiger partial charge in [0.05, 0.1) is 15.9 Å². The molecule has 0 fully saturated rings. The van der Waals surface area contributed by atoms with Crippen LogP contribution in [0.4, 0.5) is 0 Å². The van der Waals surface area contributed by atoms with Gasteiger partial charge in [0.25, 0.3) is 0 Å². The van der Waals surface area contributed by atoms with Crippen LogP contribution in [0.2, 0.25) is 0 Å².